The Morgan fingerprint density at radius 1 is 0.896 bits per heavy atom. The molecule has 1 aliphatic heterocycles. The molecule has 3 unspecified atom stereocenters. The Hall–Kier alpha value is -5.83. The van der Waals surface area contributed by atoms with E-state index in [2.05, 4.69) is 51.2 Å². The van der Waals surface area contributed by atoms with E-state index < -0.39 is 23.9 Å². The number of hydrogen-bond donors (Lipinski definition) is 4. The van der Waals surface area contributed by atoms with Crippen LogP contribution in [0, 0.1) is 12.8 Å². The van der Waals surface area contributed by atoms with E-state index in [4.69, 9.17) is 4.74 Å². The number of benzene rings is 4. The third-order valence-electron chi connectivity index (χ3n) is 9.48. The first kappa shape index (κ1) is 30.8. The van der Waals surface area contributed by atoms with Crippen LogP contribution in [0.4, 0.5) is 0 Å². The van der Waals surface area contributed by atoms with Crippen molar-refractivity contribution in [1.29, 1.82) is 0 Å². The fourth-order valence-corrected chi connectivity index (χ4v) is 6.82. The monoisotopic (exact) mass is 639 g/mol. The molecule has 0 spiro atoms. The van der Waals surface area contributed by atoms with Gasteiger partial charge in [0, 0.05) is 32.9 Å². The third kappa shape index (κ3) is 5.27. The minimum absolute atomic E-state index is 0.230. The number of ether oxygens (including phenoxy) is 1. The van der Waals surface area contributed by atoms with Crippen molar-refractivity contribution in [3.63, 3.8) is 0 Å². The molecule has 0 saturated heterocycles. The summed E-state index contributed by atoms with van der Waals surface area (Å²) in [6.45, 7) is 6.00. The van der Waals surface area contributed by atoms with Gasteiger partial charge in [0.05, 0.1) is 18.8 Å². The average molecular weight is 640 g/mol. The molecule has 7 rings (SSSR count). The minimum Gasteiger partial charge on any atom is -0.497 e. The van der Waals surface area contributed by atoms with Gasteiger partial charge < -0.3 is 19.6 Å². The van der Waals surface area contributed by atoms with Crippen LogP contribution in [-0.2, 0) is 4.79 Å². The van der Waals surface area contributed by atoms with Crippen molar-refractivity contribution >= 4 is 39.5 Å². The fraction of sp³-hybridized carbons (Fsp3) is 0.205. The molecule has 0 fully saturated rings. The molecule has 3 heterocycles. The maximum absolute atomic E-state index is 14.4. The number of H-pyrrole nitrogens is 2. The van der Waals surface area contributed by atoms with Gasteiger partial charge in [0.15, 0.2) is 0 Å². The maximum atomic E-state index is 14.4. The first-order valence-electron chi connectivity index (χ1n) is 16.1. The molecule has 0 saturated carbocycles. The van der Waals surface area contributed by atoms with E-state index in [1.165, 1.54) is 0 Å². The van der Waals surface area contributed by atoms with Crippen molar-refractivity contribution in [1.82, 2.24) is 25.7 Å². The summed E-state index contributed by atoms with van der Waals surface area (Å²) in [6, 6.07) is 29.6. The zero-order valence-corrected chi connectivity index (χ0v) is 27.3. The predicted octanol–water partition coefficient (Wildman–Crippen LogP) is 7.05. The highest BCUT2D eigenvalue weighted by atomic mass is 16.5. The largest absolute Gasteiger partial charge is 0.497 e. The van der Waals surface area contributed by atoms with Crippen LogP contribution in [0.25, 0.3) is 33.1 Å². The number of nitrogens with zero attached hydrogens (tertiary/aromatic N) is 1. The summed E-state index contributed by atoms with van der Waals surface area (Å²) in [5, 5.41) is 1.77. The average Bonchev–Trinajstić information content (AvgIpc) is 3.79. The Morgan fingerprint density at radius 2 is 1.65 bits per heavy atom. The number of para-hydroxylation sites is 1. The lowest BCUT2D eigenvalue weighted by Gasteiger charge is -2.36. The van der Waals surface area contributed by atoms with Gasteiger partial charge in [0.1, 0.15) is 17.5 Å². The summed E-state index contributed by atoms with van der Waals surface area (Å²) < 4.78 is 5.30. The van der Waals surface area contributed by atoms with Crippen molar-refractivity contribution in [3.8, 4) is 17.0 Å². The van der Waals surface area contributed by atoms with Crippen molar-refractivity contribution in [2.75, 3.05) is 7.11 Å². The highest BCUT2D eigenvalue weighted by Gasteiger charge is 2.47. The van der Waals surface area contributed by atoms with Gasteiger partial charge >= 0.3 is 0 Å². The molecule has 48 heavy (non-hydrogen) atoms. The van der Waals surface area contributed by atoms with Crippen molar-refractivity contribution in [3.05, 3.63) is 125 Å². The number of hydrazine groups is 1. The van der Waals surface area contributed by atoms with Crippen LogP contribution in [0.2, 0.25) is 0 Å². The molecule has 0 aliphatic carbocycles. The van der Waals surface area contributed by atoms with Gasteiger partial charge in [-0.3, -0.25) is 25.2 Å². The van der Waals surface area contributed by atoms with Crippen molar-refractivity contribution in [2.45, 2.75) is 39.3 Å². The molecule has 3 atom stereocenters. The van der Waals surface area contributed by atoms with Crippen LogP contribution in [0.15, 0.2) is 97.1 Å². The Morgan fingerprint density at radius 3 is 2.42 bits per heavy atom. The van der Waals surface area contributed by atoms with E-state index in [-0.39, 0.29) is 17.5 Å². The number of nitrogens with one attached hydrogen (secondary N) is 4. The van der Waals surface area contributed by atoms with Crippen molar-refractivity contribution in [2.24, 2.45) is 5.92 Å². The molecule has 6 aromatic rings. The maximum Gasteiger partial charge on any atom is 0.286 e. The number of aryl methyl sites for hydroxylation is 1. The second-order valence-electron chi connectivity index (χ2n) is 12.4. The van der Waals surface area contributed by atoms with E-state index in [1.807, 2.05) is 75.4 Å². The zero-order valence-electron chi connectivity index (χ0n) is 27.3. The molecule has 9 heteroatoms. The molecular weight excluding hydrogens is 602 g/mol. The number of methoxy groups -OCH3 is 1. The van der Waals surface area contributed by atoms with Crippen LogP contribution in [-0.4, -0.2) is 45.7 Å². The quantitative estimate of drug-likeness (QED) is 0.133. The first-order chi connectivity index (χ1) is 23.3. The second-order valence-corrected chi connectivity index (χ2v) is 12.4. The van der Waals surface area contributed by atoms with Crippen LogP contribution < -0.4 is 15.6 Å². The number of hydrogen-bond acceptors (Lipinski definition) is 4. The van der Waals surface area contributed by atoms with Crippen LogP contribution >= 0.6 is 0 Å². The summed E-state index contributed by atoms with van der Waals surface area (Å²) >= 11 is 0. The van der Waals surface area contributed by atoms with E-state index >= 15 is 0 Å². The van der Waals surface area contributed by atoms with Crippen molar-refractivity contribution < 1.29 is 19.1 Å². The molecule has 9 nitrogen and oxygen atoms in total. The molecule has 0 radical (unpaired) electrons. The smallest absolute Gasteiger partial charge is 0.286 e. The second kappa shape index (κ2) is 12.4. The number of carbonyl (C=O) groups excluding carboxylic acids is 3. The van der Waals surface area contributed by atoms with Gasteiger partial charge in [-0.15, -0.1) is 0 Å². The Bertz CT molecular complexity index is 2180. The van der Waals surface area contributed by atoms with Gasteiger partial charge in [-0.1, -0.05) is 86.5 Å². The molecule has 2 aromatic heterocycles. The standard InChI is InChI=1S/C39H37N5O4/c1-5-23(3)35(38(46)43-42-37(45)32-21-25-20-26(48-4)18-19-30(25)40-32)44-36(27-10-6-7-11-28(27)39(44)47)33-29-12-8-9-13-31(29)41-34(33)24-16-14-22(2)15-17-24/h6-21,23,35-36,40-41H,5H2,1-4H3,(H,42,45)(H,43,46). The Labute approximate surface area is 278 Å². The van der Waals surface area contributed by atoms with E-state index in [1.54, 1.807) is 24.1 Å². The molecule has 4 aromatic carbocycles. The number of carbonyl (C=O) groups is 3. The van der Waals surface area contributed by atoms with E-state index in [0.29, 0.717) is 17.7 Å². The zero-order chi connectivity index (χ0) is 33.5. The fourth-order valence-electron chi connectivity index (χ4n) is 6.82. The topological polar surface area (TPSA) is 119 Å². The number of rotatable bonds is 8. The summed E-state index contributed by atoms with van der Waals surface area (Å²) in [5.74, 6) is -0.779. The summed E-state index contributed by atoms with van der Waals surface area (Å²) in [5.41, 5.74) is 12.5. The van der Waals surface area contributed by atoms with Crippen LogP contribution in [0.3, 0.4) is 0 Å². The molecular formula is C39H37N5O4. The number of fused-ring (bicyclic) bond motifs is 3. The summed E-state index contributed by atoms with van der Waals surface area (Å²) in [6.07, 6.45) is 0.626. The minimum atomic E-state index is -0.897. The molecule has 242 valence electrons. The molecule has 4 N–H and O–H groups in total. The molecule has 3 amide bonds. The summed E-state index contributed by atoms with van der Waals surface area (Å²) in [7, 11) is 1.58. The van der Waals surface area contributed by atoms with E-state index in [0.717, 1.165) is 49.8 Å². The lowest BCUT2D eigenvalue weighted by Crippen LogP contribution is -2.55. The predicted molar refractivity (Wildman–Crippen MR) is 187 cm³/mol. The molecule has 1 aliphatic rings. The Kier molecular flexibility index (Phi) is 7.96. The Balaban J connectivity index is 1.28. The molecule has 0 bridgehead atoms. The van der Waals surface area contributed by atoms with Gasteiger partial charge in [-0.05, 0) is 60.4 Å². The number of aromatic amines is 2. The number of amides is 3. The number of aromatic nitrogens is 2. The highest BCUT2D eigenvalue weighted by molar-refractivity contribution is 6.05. The van der Waals surface area contributed by atoms with Gasteiger partial charge in [0.2, 0.25) is 0 Å². The lowest BCUT2D eigenvalue weighted by atomic mass is 9.90. The summed E-state index contributed by atoms with van der Waals surface area (Å²) in [4.78, 5) is 50.4. The van der Waals surface area contributed by atoms with Gasteiger partial charge in [-0.2, -0.15) is 0 Å². The lowest BCUT2D eigenvalue weighted by molar-refractivity contribution is -0.128. The SMILES string of the molecule is CCC(C)C(C(=O)NNC(=O)c1cc2cc(OC)ccc2[nH]1)N1C(=O)c2ccccc2C1c1c(-c2ccc(C)cc2)[nH]c2ccccc12. The van der Waals surface area contributed by atoms with Gasteiger partial charge in [0.25, 0.3) is 17.7 Å². The van der Waals surface area contributed by atoms with E-state index in [9.17, 15) is 14.4 Å². The normalized spacial score (nSPS) is 15.4. The first-order valence-corrected chi connectivity index (χ1v) is 16.1. The van der Waals surface area contributed by atoms with Crippen LogP contribution in [0.1, 0.15) is 63.8 Å². The van der Waals surface area contributed by atoms with Gasteiger partial charge in [-0.25, -0.2) is 0 Å². The highest BCUT2D eigenvalue weighted by Crippen LogP contribution is 2.47. The van der Waals surface area contributed by atoms with Crippen LogP contribution in [0.5, 0.6) is 5.75 Å². The third-order valence-corrected chi connectivity index (χ3v) is 9.48.